The maximum atomic E-state index is 12.7. The number of hydrogen-bond donors (Lipinski definition) is 1. The van der Waals surface area contributed by atoms with Crippen molar-refractivity contribution in [3.63, 3.8) is 0 Å². The highest BCUT2D eigenvalue weighted by Crippen LogP contribution is 2.28. The van der Waals surface area contributed by atoms with Crippen LogP contribution in [0.1, 0.15) is 18.1 Å². The van der Waals surface area contributed by atoms with Gasteiger partial charge in [-0.15, -0.1) is 10.2 Å². The summed E-state index contributed by atoms with van der Waals surface area (Å²) in [6.45, 7) is 3.93. The van der Waals surface area contributed by atoms with Crippen LogP contribution < -0.4 is 5.43 Å². The van der Waals surface area contributed by atoms with Gasteiger partial charge in [0, 0.05) is 11.3 Å². The first-order valence-corrected chi connectivity index (χ1v) is 13.3. The summed E-state index contributed by atoms with van der Waals surface area (Å²) in [4.78, 5) is 12.7. The number of aromatic nitrogens is 3. The van der Waals surface area contributed by atoms with Gasteiger partial charge in [0.15, 0.2) is 11.0 Å². The summed E-state index contributed by atoms with van der Waals surface area (Å²) >= 11 is 1.32. The maximum absolute atomic E-state index is 12.7. The molecule has 0 radical (unpaired) electrons. The molecule has 4 aromatic carbocycles. The molecule has 0 atom stereocenters. The van der Waals surface area contributed by atoms with Gasteiger partial charge in [0.25, 0.3) is 5.91 Å². The number of carbonyl (C=O) groups is 1. The van der Waals surface area contributed by atoms with E-state index in [1.807, 2.05) is 91.2 Å². The van der Waals surface area contributed by atoms with Crippen LogP contribution in [-0.2, 0) is 4.79 Å². The number of nitrogens with zero attached hydrogens (tertiary/aromatic N) is 4. The molecule has 0 aliphatic rings. The molecular weight excluding hydrogens is 490 g/mol. The van der Waals surface area contributed by atoms with Crippen molar-refractivity contribution in [3.8, 4) is 28.2 Å². The topological polar surface area (TPSA) is 72.2 Å². The van der Waals surface area contributed by atoms with Gasteiger partial charge in [-0.05, 0) is 42.7 Å². The number of thioether (sulfide) groups is 1. The molecule has 0 spiro atoms. The minimum absolute atomic E-state index is 0.155. The second-order valence-electron chi connectivity index (χ2n) is 8.81. The average molecular weight is 518 g/mol. The van der Waals surface area contributed by atoms with Crippen molar-refractivity contribution in [2.24, 2.45) is 5.10 Å². The van der Waals surface area contributed by atoms with Crippen molar-refractivity contribution in [2.75, 3.05) is 5.75 Å². The third-order valence-corrected chi connectivity index (χ3v) is 6.98. The Morgan fingerprint density at radius 2 is 1.39 bits per heavy atom. The zero-order chi connectivity index (χ0) is 26.3. The zero-order valence-corrected chi connectivity index (χ0v) is 22.0. The van der Waals surface area contributed by atoms with Crippen LogP contribution >= 0.6 is 11.8 Å². The Bertz CT molecular complexity index is 1540. The molecule has 5 aromatic rings. The van der Waals surface area contributed by atoms with Gasteiger partial charge in [-0.3, -0.25) is 9.36 Å². The number of nitrogens with one attached hydrogen (secondary N) is 1. The van der Waals surface area contributed by atoms with E-state index in [1.165, 1.54) is 17.3 Å². The second kappa shape index (κ2) is 11.7. The molecule has 6 nitrogen and oxygen atoms in total. The molecule has 0 unspecified atom stereocenters. The van der Waals surface area contributed by atoms with Crippen molar-refractivity contribution >= 4 is 23.4 Å². The van der Waals surface area contributed by atoms with Crippen LogP contribution in [0.5, 0.6) is 0 Å². The Morgan fingerprint density at radius 3 is 2.05 bits per heavy atom. The molecule has 7 heteroatoms. The van der Waals surface area contributed by atoms with Gasteiger partial charge in [-0.25, -0.2) is 5.43 Å². The minimum Gasteiger partial charge on any atom is -0.272 e. The van der Waals surface area contributed by atoms with E-state index >= 15 is 0 Å². The lowest BCUT2D eigenvalue weighted by Gasteiger charge is -2.10. The van der Waals surface area contributed by atoms with Crippen molar-refractivity contribution in [3.05, 3.63) is 120 Å². The van der Waals surface area contributed by atoms with Gasteiger partial charge in [0.05, 0.1) is 11.5 Å². The Balaban J connectivity index is 1.27. The first kappa shape index (κ1) is 25.2. The highest BCUT2D eigenvalue weighted by molar-refractivity contribution is 7.99. The number of aryl methyl sites for hydroxylation is 1. The summed E-state index contributed by atoms with van der Waals surface area (Å²) in [5.41, 5.74) is 9.71. The molecular formula is C31H27N5OS. The monoisotopic (exact) mass is 517 g/mol. The van der Waals surface area contributed by atoms with E-state index in [4.69, 9.17) is 0 Å². The van der Waals surface area contributed by atoms with Crippen LogP contribution in [0.3, 0.4) is 0 Å². The first-order chi connectivity index (χ1) is 18.6. The summed E-state index contributed by atoms with van der Waals surface area (Å²) in [6, 6.07) is 36.4. The molecule has 1 amide bonds. The summed E-state index contributed by atoms with van der Waals surface area (Å²) in [5.74, 6) is 0.669. The van der Waals surface area contributed by atoms with Crippen molar-refractivity contribution in [2.45, 2.75) is 19.0 Å². The fourth-order valence-electron chi connectivity index (χ4n) is 3.97. The van der Waals surface area contributed by atoms with Crippen LogP contribution in [0, 0.1) is 6.92 Å². The standard InChI is InChI=1S/C31H27N5OS/c1-22-13-19-28(20-14-22)36-30(27-11-7-4-8-12-27)34-35-31(36)38-21-29(37)33-32-23(2)24-15-17-26(18-16-24)25-9-5-3-6-10-25/h3-20H,21H2,1-2H3,(H,33,37)/b32-23+. The molecule has 5 rings (SSSR count). The van der Waals surface area contributed by atoms with E-state index in [-0.39, 0.29) is 11.7 Å². The highest BCUT2D eigenvalue weighted by Gasteiger charge is 2.17. The largest absolute Gasteiger partial charge is 0.272 e. The molecule has 38 heavy (non-hydrogen) atoms. The van der Waals surface area contributed by atoms with Crippen molar-refractivity contribution in [1.82, 2.24) is 20.2 Å². The predicted octanol–water partition coefficient (Wildman–Crippen LogP) is 6.54. The smallest absolute Gasteiger partial charge is 0.250 e. The van der Waals surface area contributed by atoms with Crippen LogP contribution in [0.15, 0.2) is 119 Å². The predicted molar refractivity (Wildman–Crippen MR) is 154 cm³/mol. The lowest BCUT2D eigenvalue weighted by Crippen LogP contribution is -2.21. The van der Waals surface area contributed by atoms with Gasteiger partial charge < -0.3 is 0 Å². The van der Waals surface area contributed by atoms with Crippen molar-refractivity contribution in [1.29, 1.82) is 0 Å². The molecule has 1 heterocycles. The van der Waals surface area contributed by atoms with E-state index in [9.17, 15) is 4.79 Å². The minimum atomic E-state index is -0.213. The van der Waals surface area contributed by atoms with Gasteiger partial charge >= 0.3 is 0 Å². The average Bonchev–Trinajstić information content (AvgIpc) is 3.40. The number of hydrogen-bond acceptors (Lipinski definition) is 5. The summed E-state index contributed by atoms with van der Waals surface area (Å²) in [6.07, 6.45) is 0. The number of carbonyl (C=O) groups excluding carboxylic acids is 1. The van der Waals surface area contributed by atoms with Crippen LogP contribution in [0.2, 0.25) is 0 Å². The summed E-state index contributed by atoms with van der Waals surface area (Å²) < 4.78 is 1.98. The Labute approximate surface area is 226 Å². The van der Waals surface area contributed by atoms with Crippen LogP contribution in [0.4, 0.5) is 0 Å². The third-order valence-electron chi connectivity index (χ3n) is 6.05. The molecule has 0 saturated carbocycles. The maximum Gasteiger partial charge on any atom is 0.250 e. The molecule has 0 bridgehead atoms. The third kappa shape index (κ3) is 5.90. The second-order valence-corrected chi connectivity index (χ2v) is 9.75. The number of amides is 1. The Hall–Kier alpha value is -4.49. The summed E-state index contributed by atoms with van der Waals surface area (Å²) in [7, 11) is 0. The quantitative estimate of drug-likeness (QED) is 0.144. The molecule has 0 aliphatic carbocycles. The molecule has 188 valence electrons. The van der Waals surface area contributed by atoms with E-state index in [0.717, 1.165) is 39.5 Å². The molecule has 0 fully saturated rings. The van der Waals surface area contributed by atoms with Crippen molar-refractivity contribution < 1.29 is 4.79 Å². The first-order valence-electron chi connectivity index (χ1n) is 12.3. The fraction of sp³-hybridized carbons (Fsp3) is 0.0968. The lowest BCUT2D eigenvalue weighted by atomic mass is 10.0. The summed E-state index contributed by atoms with van der Waals surface area (Å²) in [5, 5.41) is 13.8. The normalized spacial score (nSPS) is 11.4. The number of rotatable bonds is 8. The number of hydrazone groups is 1. The van der Waals surface area contributed by atoms with Crippen LogP contribution in [0.25, 0.3) is 28.2 Å². The van der Waals surface area contributed by atoms with E-state index in [2.05, 4.69) is 57.1 Å². The molecule has 0 saturated heterocycles. The van der Waals surface area contributed by atoms with Crippen LogP contribution in [-0.4, -0.2) is 32.1 Å². The fourth-order valence-corrected chi connectivity index (χ4v) is 4.72. The SMILES string of the molecule is C/C(=N\NC(=O)CSc1nnc(-c2ccccc2)n1-c1ccc(C)cc1)c1ccc(-c2ccccc2)cc1. The Morgan fingerprint density at radius 1 is 0.789 bits per heavy atom. The van der Waals surface area contributed by atoms with Gasteiger partial charge in [-0.1, -0.05) is 114 Å². The van der Waals surface area contributed by atoms with Gasteiger partial charge in [0.2, 0.25) is 0 Å². The van der Waals surface area contributed by atoms with Gasteiger partial charge in [0.1, 0.15) is 0 Å². The molecule has 0 aliphatic heterocycles. The van der Waals surface area contributed by atoms with E-state index < -0.39 is 0 Å². The molecule has 1 N–H and O–H groups in total. The zero-order valence-electron chi connectivity index (χ0n) is 21.2. The lowest BCUT2D eigenvalue weighted by molar-refractivity contribution is -0.118. The highest BCUT2D eigenvalue weighted by atomic mass is 32.2. The Kier molecular flexibility index (Phi) is 7.75. The van der Waals surface area contributed by atoms with E-state index in [1.54, 1.807) is 0 Å². The van der Waals surface area contributed by atoms with E-state index in [0.29, 0.717) is 5.16 Å². The van der Waals surface area contributed by atoms with Gasteiger partial charge in [-0.2, -0.15) is 5.10 Å². The molecule has 1 aromatic heterocycles. The number of benzene rings is 4.